The summed E-state index contributed by atoms with van der Waals surface area (Å²) in [4.78, 5) is 24.9. The summed E-state index contributed by atoms with van der Waals surface area (Å²) in [5, 5.41) is 8.72. The average molecular weight is 372 g/mol. The van der Waals surface area contributed by atoms with E-state index < -0.39 is 6.04 Å². The summed E-state index contributed by atoms with van der Waals surface area (Å²) in [6, 6.07) is 13.1. The molecule has 1 aliphatic heterocycles. The topological polar surface area (TPSA) is 79.5 Å². The van der Waals surface area contributed by atoms with Gasteiger partial charge in [-0.25, -0.2) is 4.79 Å². The molecule has 0 spiro atoms. The van der Waals surface area contributed by atoms with Crippen molar-refractivity contribution in [3.8, 4) is 5.75 Å². The van der Waals surface area contributed by atoms with Crippen molar-refractivity contribution in [2.45, 2.75) is 13.0 Å². The van der Waals surface area contributed by atoms with Crippen LogP contribution in [0.5, 0.6) is 5.75 Å². The zero-order valence-electron chi connectivity index (χ0n) is 14.3. The van der Waals surface area contributed by atoms with Gasteiger partial charge in [0, 0.05) is 22.5 Å². The normalized spacial score (nSPS) is 16.6. The number of carbonyl (C=O) groups excluding carboxylic acids is 2. The Kier molecular flexibility index (Phi) is 5.14. The van der Waals surface area contributed by atoms with E-state index in [0.717, 1.165) is 0 Å². The molecule has 0 fully saturated rings. The Bertz CT molecular complexity index is 895. The number of halogens is 1. The first-order valence-electron chi connectivity index (χ1n) is 7.97. The lowest BCUT2D eigenvalue weighted by Crippen LogP contribution is -2.46. The van der Waals surface area contributed by atoms with Crippen molar-refractivity contribution in [1.82, 2.24) is 10.6 Å². The van der Waals surface area contributed by atoms with Crippen LogP contribution in [-0.4, -0.2) is 19.0 Å². The highest BCUT2D eigenvalue weighted by atomic mass is 35.5. The fourth-order valence-electron chi connectivity index (χ4n) is 2.84. The van der Waals surface area contributed by atoms with Crippen LogP contribution in [0.15, 0.2) is 59.8 Å². The summed E-state index contributed by atoms with van der Waals surface area (Å²) in [6.07, 6.45) is 0. The van der Waals surface area contributed by atoms with E-state index in [1.54, 1.807) is 56.5 Å². The lowest BCUT2D eigenvalue weighted by Gasteiger charge is -2.29. The van der Waals surface area contributed by atoms with E-state index in [4.69, 9.17) is 16.3 Å². The molecule has 1 aliphatic rings. The number of carbonyl (C=O) groups is 2. The van der Waals surface area contributed by atoms with Gasteiger partial charge in [-0.05, 0) is 30.7 Å². The third-order valence-electron chi connectivity index (χ3n) is 4.06. The van der Waals surface area contributed by atoms with Crippen molar-refractivity contribution >= 4 is 29.2 Å². The fraction of sp³-hybridized carbons (Fsp3) is 0.158. The summed E-state index contributed by atoms with van der Waals surface area (Å²) in [5.41, 5.74) is 2.10. The highest BCUT2D eigenvalue weighted by Gasteiger charge is 2.32. The maximum atomic E-state index is 12.9. The molecular weight excluding hydrogens is 354 g/mol. The molecule has 0 aromatic heterocycles. The van der Waals surface area contributed by atoms with Crippen LogP contribution in [-0.2, 0) is 4.79 Å². The molecule has 26 heavy (non-hydrogen) atoms. The second kappa shape index (κ2) is 7.49. The molecule has 6 nitrogen and oxygen atoms in total. The van der Waals surface area contributed by atoms with Crippen molar-refractivity contribution < 1.29 is 14.3 Å². The molecule has 3 rings (SSSR count). The van der Waals surface area contributed by atoms with Crippen LogP contribution < -0.4 is 20.7 Å². The zero-order chi connectivity index (χ0) is 18.7. The maximum Gasteiger partial charge on any atom is 0.319 e. The van der Waals surface area contributed by atoms with Crippen LogP contribution in [0.3, 0.4) is 0 Å². The van der Waals surface area contributed by atoms with E-state index >= 15 is 0 Å². The van der Waals surface area contributed by atoms with Crippen LogP contribution in [0.25, 0.3) is 0 Å². The Labute approximate surface area is 156 Å². The Morgan fingerprint density at radius 3 is 2.69 bits per heavy atom. The minimum atomic E-state index is -0.650. The number of ether oxygens (including phenoxy) is 1. The van der Waals surface area contributed by atoms with Gasteiger partial charge in [-0.1, -0.05) is 35.9 Å². The van der Waals surface area contributed by atoms with E-state index in [1.807, 2.05) is 6.07 Å². The van der Waals surface area contributed by atoms with Crippen molar-refractivity contribution in [3.63, 3.8) is 0 Å². The van der Waals surface area contributed by atoms with Gasteiger partial charge < -0.3 is 20.7 Å². The van der Waals surface area contributed by atoms with Crippen molar-refractivity contribution in [1.29, 1.82) is 0 Å². The molecule has 134 valence electrons. The molecule has 2 aromatic carbocycles. The van der Waals surface area contributed by atoms with Crippen LogP contribution in [0.2, 0.25) is 5.02 Å². The van der Waals surface area contributed by atoms with Gasteiger partial charge in [-0.3, -0.25) is 4.79 Å². The van der Waals surface area contributed by atoms with Crippen molar-refractivity contribution in [2.75, 3.05) is 12.4 Å². The van der Waals surface area contributed by atoms with Crippen LogP contribution >= 0.6 is 11.6 Å². The molecule has 0 saturated carbocycles. The van der Waals surface area contributed by atoms with Crippen molar-refractivity contribution in [3.05, 3.63) is 70.4 Å². The predicted molar refractivity (Wildman–Crippen MR) is 100 cm³/mol. The third-order valence-corrected chi connectivity index (χ3v) is 4.40. The highest BCUT2D eigenvalue weighted by Crippen LogP contribution is 2.32. The Balaban J connectivity index is 1.95. The molecular formula is C19H18ClN3O3. The summed E-state index contributed by atoms with van der Waals surface area (Å²) in [5.74, 6) is 0.291. The third kappa shape index (κ3) is 3.65. The molecule has 2 aromatic rings. The number of benzene rings is 2. The standard InChI is InChI=1S/C19H18ClN3O3/c1-11-16(18(24)22-12-6-5-7-13(10-12)26-2)17(23-19(25)21-11)14-8-3-4-9-15(14)20/h3-10,17H,1-2H3,(H,22,24)(H2,21,23,25)/t17-/m0/s1. The number of methoxy groups -OCH3 is 1. The molecule has 0 saturated heterocycles. The summed E-state index contributed by atoms with van der Waals surface area (Å²) < 4.78 is 5.17. The Hall–Kier alpha value is -2.99. The van der Waals surface area contributed by atoms with Gasteiger partial charge in [0.05, 0.1) is 18.7 Å². The van der Waals surface area contributed by atoms with E-state index in [1.165, 1.54) is 0 Å². The molecule has 1 heterocycles. The van der Waals surface area contributed by atoms with Gasteiger partial charge in [0.15, 0.2) is 0 Å². The minimum absolute atomic E-state index is 0.340. The number of allylic oxidation sites excluding steroid dienone is 1. The lowest BCUT2D eigenvalue weighted by molar-refractivity contribution is -0.113. The highest BCUT2D eigenvalue weighted by molar-refractivity contribution is 6.31. The molecule has 7 heteroatoms. The van der Waals surface area contributed by atoms with Gasteiger partial charge in [0.2, 0.25) is 0 Å². The first kappa shape index (κ1) is 17.8. The summed E-state index contributed by atoms with van der Waals surface area (Å²) >= 11 is 6.28. The molecule has 0 radical (unpaired) electrons. The SMILES string of the molecule is COc1cccc(NC(=O)C2=C(C)NC(=O)N[C@H]2c2ccccc2Cl)c1. The fourth-order valence-corrected chi connectivity index (χ4v) is 3.08. The molecule has 1 atom stereocenters. The molecule has 3 amide bonds. The smallest absolute Gasteiger partial charge is 0.319 e. The summed E-state index contributed by atoms with van der Waals surface area (Å²) in [6.45, 7) is 1.68. The van der Waals surface area contributed by atoms with E-state index in [2.05, 4.69) is 16.0 Å². The minimum Gasteiger partial charge on any atom is -0.497 e. The maximum absolute atomic E-state index is 12.9. The number of anilines is 1. The number of nitrogens with one attached hydrogen (secondary N) is 3. The number of hydrogen-bond donors (Lipinski definition) is 3. The van der Waals surface area contributed by atoms with Gasteiger partial charge in [-0.15, -0.1) is 0 Å². The Morgan fingerprint density at radius 1 is 1.19 bits per heavy atom. The predicted octanol–water partition coefficient (Wildman–Crippen LogP) is 3.62. The number of hydrogen-bond acceptors (Lipinski definition) is 3. The van der Waals surface area contributed by atoms with Gasteiger partial charge in [-0.2, -0.15) is 0 Å². The van der Waals surface area contributed by atoms with Crippen molar-refractivity contribution in [2.24, 2.45) is 0 Å². The molecule has 0 bridgehead atoms. The van der Waals surface area contributed by atoms with Crippen LogP contribution in [0, 0.1) is 0 Å². The molecule has 0 unspecified atom stereocenters. The number of amides is 3. The van der Waals surface area contributed by atoms with Crippen LogP contribution in [0.4, 0.5) is 10.5 Å². The average Bonchev–Trinajstić information content (AvgIpc) is 2.61. The molecule has 3 N–H and O–H groups in total. The summed E-state index contributed by atoms with van der Waals surface area (Å²) in [7, 11) is 1.56. The lowest BCUT2D eigenvalue weighted by atomic mass is 9.94. The van der Waals surface area contributed by atoms with E-state index in [0.29, 0.717) is 33.3 Å². The van der Waals surface area contributed by atoms with E-state index in [-0.39, 0.29) is 11.9 Å². The largest absolute Gasteiger partial charge is 0.497 e. The quantitative estimate of drug-likeness (QED) is 0.768. The first-order chi connectivity index (χ1) is 12.5. The zero-order valence-corrected chi connectivity index (χ0v) is 15.1. The second-order valence-corrected chi connectivity index (χ2v) is 6.18. The van der Waals surface area contributed by atoms with Gasteiger partial charge >= 0.3 is 6.03 Å². The Morgan fingerprint density at radius 2 is 1.96 bits per heavy atom. The number of rotatable bonds is 4. The van der Waals surface area contributed by atoms with Gasteiger partial charge in [0.25, 0.3) is 5.91 Å². The molecule has 0 aliphatic carbocycles. The first-order valence-corrected chi connectivity index (χ1v) is 8.35. The van der Waals surface area contributed by atoms with E-state index in [9.17, 15) is 9.59 Å². The monoisotopic (exact) mass is 371 g/mol. The van der Waals surface area contributed by atoms with Gasteiger partial charge in [0.1, 0.15) is 5.75 Å². The second-order valence-electron chi connectivity index (χ2n) is 5.78. The van der Waals surface area contributed by atoms with Crippen LogP contribution in [0.1, 0.15) is 18.5 Å². The number of urea groups is 1.